The van der Waals surface area contributed by atoms with E-state index < -0.39 is 0 Å². The van der Waals surface area contributed by atoms with Crippen LogP contribution in [0.5, 0.6) is 0 Å². The second-order valence-corrected chi connectivity index (χ2v) is 4.68. The second-order valence-electron chi connectivity index (χ2n) is 3.61. The summed E-state index contributed by atoms with van der Waals surface area (Å²) in [5.41, 5.74) is 0. The van der Waals surface area contributed by atoms with E-state index in [1.807, 2.05) is 6.92 Å². The molecule has 0 aliphatic heterocycles. The van der Waals surface area contributed by atoms with E-state index in [4.69, 9.17) is 4.74 Å². The minimum absolute atomic E-state index is 0.00182. The van der Waals surface area contributed by atoms with Gasteiger partial charge in [0.2, 0.25) is 11.0 Å². The van der Waals surface area contributed by atoms with Crippen molar-refractivity contribution in [3.63, 3.8) is 0 Å². The van der Waals surface area contributed by atoms with Crippen LogP contribution in [0.1, 0.15) is 31.7 Å². The minimum Gasteiger partial charge on any atom is -0.377 e. The summed E-state index contributed by atoms with van der Waals surface area (Å²) in [6.45, 7) is 4.40. The molecule has 0 fully saturated rings. The Balaban J connectivity index is 2.49. The first kappa shape index (κ1) is 13.1. The highest BCUT2D eigenvalue weighted by molar-refractivity contribution is 7.15. The number of carbonyl (C=O) groups is 1. The number of hydrogen-bond acceptors (Lipinski definition) is 5. The molecule has 1 aromatic heterocycles. The molecule has 0 bridgehead atoms. The summed E-state index contributed by atoms with van der Waals surface area (Å²) < 4.78 is 4.93. The first-order valence-corrected chi connectivity index (χ1v) is 6.11. The molecule has 1 atom stereocenters. The minimum atomic E-state index is 0.00182. The Kier molecular flexibility index (Phi) is 5.34. The van der Waals surface area contributed by atoms with Gasteiger partial charge in [-0.3, -0.25) is 4.79 Å². The maximum atomic E-state index is 11.7. The number of rotatable bonds is 6. The largest absolute Gasteiger partial charge is 0.377 e. The van der Waals surface area contributed by atoms with Crippen molar-refractivity contribution in [3.05, 3.63) is 5.01 Å². The van der Waals surface area contributed by atoms with Crippen molar-refractivity contribution in [2.45, 2.75) is 33.3 Å². The molecule has 1 heterocycles. The van der Waals surface area contributed by atoms with E-state index in [-0.39, 0.29) is 11.8 Å². The van der Waals surface area contributed by atoms with Crippen LogP contribution in [0.25, 0.3) is 0 Å². The standard InChI is InChI=1S/C10H17N3O2S/c1-4-5-7(2)9(14)11-10-13-12-8(16-10)6-15-3/h7H,4-6H2,1-3H3,(H,11,13,14). The van der Waals surface area contributed by atoms with E-state index in [0.717, 1.165) is 17.8 Å². The lowest BCUT2D eigenvalue weighted by atomic mass is 10.1. The van der Waals surface area contributed by atoms with Crippen molar-refractivity contribution in [1.82, 2.24) is 10.2 Å². The molecule has 0 spiro atoms. The van der Waals surface area contributed by atoms with E-state index >= 15 is 0 Å². The Morgan fingerprint density at radius 3 is 2.94 bits per heavy atom. The fourth-order valence-corrected chi connectivity index (χ4v) is 1.99. The van der Waals surface area contributed by atoms with Gasteiger partial charge < -0.3 is 10.1 Å². The summed E-state index contributed by atoms with van der Waals surface area (Å²) >= 11 is 1.34. The van der Waals surface area contributed by atoms with Gasteiger partial charge in [-0.05, 0) is 6.42 Å². The van der Waals surface area contributed by atoms with Crippen molar-refractivity contribution >= 4 is 22.4 Å². The van der Waals surface area contributed by atoms with Crippen molar-refractivity contribution in [1.29, 1.82) is 0 Å². The maximum absolute atomic E-state index is 11.7. The van der Waals surface area contributed by atoms with E-state index in [9.17, 15) is 4.79 Å². The molecule has 90 valence electrons. The van der Waals surface area contributed by atoms with E-state index in [1.165, 1.54) is 11.3 Å². The van der Waals surface area contributed by atoms with Crippen molar-refractivity contribution in [3.8, 4) is 0 Å². The molecule has 1 amide bonds. The summed E-state index contributed by atoms with van der Waals surface area (Å²) in [7, 11) is 1.60. The van der Waals surface area contributed by atoms with Crippen LogP contribution in [-0.2, 0) is 16.1 Å². The van der Waals surface area contributed by atoms with Gasteiger partial charge in [0.05, 0.1) is 0 Å². The zero-order chi connectivity index (χ0) is 12.0. The Morgan fingerprint density at radius 1 is 1.56 bits per heavy atom. The first-order chi connectivity index (χ1) is 7.67. The second kappa shape index (κ2) is 6.55. The van der Waals surface area contributed by atoms with Gasteiger partial charge in [0.25, 0.3) is 0 Å². The van der Waals surface area contributed by atoms with Crippen LogP contribution in [0.15, 0.2) is 0 Å². The Morgan fingerprint density at radius 2 is 2.31 bits per heavy atom. The van der Waals surface area contributed by atoms with Crippen LogP contribution < -0.4 is 5.32 Å². The van der Waals surface area contributed by atoms with Crippen LogP contribution in [0, 0.1) is 5.92 Å². The van der Waals surface area contributed by atoms with E-state index in [2.05, 4.69) is 22.4 Å². The Bertz CT molecular complexity index is 341. The maximum Gasteiger partial charge on any atom is 0.229 e. The lowest BCUT2D eigenvalue weighted by Crippen LogP contribution is -2.20. The highest BCUT2D eigenvalue weighted by Gasteiger charge is 2.14. The topological polar surface area (TPSA) is 64.1 Å². The van der Waals surface area contributed by atoms with Gasteiger partial charge in [0.15, 0.2) is 0 Å². The third-order valence-corrected chi connectivity index (χ3v) is 2.95. The lowest BCUT2D eigenvalue weighted by Gasteiger charge is -2.07. The molecule has 0 aliphatic carbocycles. The smallest absolute Gasteiger partial charge is 0.229 e. The summed E-state index contributed by atoms with van der Waals surface area (Å²) in [4.78, 5) is 11.7. The molecule has 1 aromatic rings. The number of anilines is 1. The fraction of sp³-hybridized carbons (Fsp3) is 0.700. The summed E-state index contributed by atoms with van der Waals surface area (Å²) in [6, 6.07) is 0. The third kappa shape index (κ3) is 3.86. The highest BCUT2D eigenvalue weighted by atomic mass is 32.1. The Hall–Kier alpha value is -1.01. The number of aromatic nitrogens is 2. The molecular formula is C10H17N3O2S. The van der Waals surface area contributed by atoms with Gasteiger partial charge in [-0.2, -0.15) is 0 Å². The molecule has 1 N–H and O–H groups in total. The number of nitrogens with zero attached hydrogens (tertiary/aromatic N) is 2. The van der Waals surface area contributed by atoms with Crippen LogP contribution in [0.2, 0.25) is 0 Å². The molecule has 5 nitrogen and oxygen atoms in total. The normalized spacial score (nSPS) is 12.4. The van der Waals surface area contributed by atoms with Gasteiger partial charge in [-0.15, -0.1) is 10.2 Å². The quantitative estimate of drug-likeness (QED) is 0.830. The zero-order valence-electron chi connectivity index (χ0n) is 9.82. The number of hydrogen-bond donors (Lipinski definition) is 1. The average molecular weight is 243 g/mol. The predicted molar refractivity (Wildman–Crippen MR) is 63.3 cm³/mol. The highest BCUT2D eigenvalue weighted by Crippen LogP contribution is 2.17. The average Bonchev–Trinajstić information content (AvgIpc) is 2.66. The van der Waals surface area contributed by atoms with Crippen molar-refractivity contribution in [2.24, 2.45) is 5.92 Å². The molecule has 0 aromatic carbocycles. The predicted octanol–water partition coefficient (Wildman–Crippen LogP) is 2.06. The zero-order valence-corrected chi connectivity index (χ0v) is 10.6. The monoisotopic (exact) mass is 243 g/mol. The van der Waals surface area contributed by atoms with Crippen LogP contribution in [-0.4, -0.2) is 23.2 Å². The molecule has 1 unspecified atom stereocenters. The van der Waals surface area contributed by atoms with Gasteiger partial charge >= 0.3 is 0 Å². The number of nitrogens with one attached hydrogen (secondary N) is 1. The Labute approximate surface area is 99.2 Å². The summed E-state index contributed by atoms with van der Waals surface area (Å²) in [5.74, 6) is 0.0155. The van der Waals surface area contributed by atoms with Gasteiger partial charge in [-0.25, -0.2) is 0 Å². The SMILES string of the molecule is CCCC(C)C(=O)Nc1nnc(COC)s1. The van der Waals surface area contributed by atoms with Crippen LogP contribution in [0.4, 0.5) is 5.13 Å². The molecule has 0 aliphatic rings. The molecular weight excluding hydrogens is 226 g/mol. The molecule has 1 rings (SSSR count). The molecule has 0 radical (unpaired) electrons. The lowest BCUT2D eigenvalue weighted by molar-refractivity contribution is -0.119. The van der Waals surface area contributed by atoms with Gasteiger partial charge in [-0.1, -0.05) is 31.6 Å². The van der Waals surface area contributed by atoms with Gasteiger partial charge in [0.1, 0.15) is 11.6 Å². The van der Waals surface area contributed by atoms with Crippen molar-refractivity contribution in [2.75, 3.05) is 12.4 Å². The molecule has 0 saturated carbocycles. The number of carbonyl (C=O) groups excluding carboxylic acids is 1. The fourth-order valence-electron chi connectivity index (χ4n) is 1.28. The molecule has 6 heteroatoms. The molecule has 16 heavy (non-hydrogen) atoms. The van der Waals surface area contributed by atoms with Crippen LogP contribution >= 0.6 is 11.3 Å². The molecule has 0 saturated heterocycles. The third-order valence-electron chi connectivity index (χ3n) is 2.13. The van der Waals surface area contributed by atoms with Gasteiger partial charge in [0, 0.05) is 13.0 Å². The number of methoxy groups -OCH3 is 1. The number of amides is 1. The summed E-state index contributed by atoms with van der Waals surface area (Å²) in [5, 5.41) is 11.8. The van der Waals surface area contributed by atoms with Crippen molar-refractivity contribution < 1.29 is 9.53 Å². The first-order valence-electron chi connectivity index (χ1n) is 5.29. The number of ether oxygens (including phenoxy) is 1. The van der Waals surface area contributed by atoms with E-state index in [0.29, 0.717) is 11.7 Å². The summed E-state index contributed by atoms with van der Waals surface area (Å²) in [6.07, 6.45) is 1.88. The van der Waals surface area contributed by atoms with Crippen LogP contribution in [0.3, 0.4) is 0 Å². The van der Waals surface area contributed by atoms with E-state index in [1.54, 1.807) is 7.11 Å².